The molecular formula is C12H8BrF3N2O. The Morgan fingerprint density at radius 1 is 1.16 bits per heavy atom. The first kappa shape index (κ1) is 13.8. The van der Waals surface area contributed by atoms with Crippen LogP contribution in [0.5, 0.6) is 11.6 Å². The molecule has 100 valence electrons. The molecule has 0 N–H and O–H groups in total. The predicted molar refractivity (Wildman–Crippen MR) is 66.0 cm³/mol. The lowest BCUT2D eigenvalue weighted by molar-refractivity contribution is -0.141. The third-order valence-electron chi connectivity index (χ3n) is 2.19. The van der Waals surface area contributed by atoms with Gasteiger partial charge in [-0.05, 0) is 46.6 Å². The highest BCUT2D eigenvalue weighted by atomic mass is 79.9. The van der Waals surface area contributed by atoms with Crippen LogP contribution >= 0.6 is 15.9 Å². The molecule has 2 rings (SSSR count). The number of hydrogen-bond donors (Lipinski definition) is 0. The Labute approximate surface area is 115 Å². The molecule has 0 radical (unpaired) electrons. The summed E-state index contributed by atoms with van der Waals surface area (Å²) in [7, 11) is 0. The Hall–Kier alpha value is -1.63. The van der Waals surface area contributed by atoms with E-state index in [4.69, 9.17) is 4.74 Å². The van der Waals surface area contributed by atoms with Gasteiger partial charge in [-0.2, -0.15) is 13.2 Å². The maximum absolute atomic E-state index is 12.3. The van der Waals surface area contributed by atoms with Crippen molar-refractivity contribution in [2.75, 3.05) is 0 Å². The fraction of sp³-hybridized carbons (Fsp3) is 0.167. The Morgan fingerprint density at radius 3 is 2.42 bits per heavy atom. The zero-order valence-corrected chi connectivity index (χ0v) is 11.3. The monoisotopic (exact) mass is 332 g/mol. The third kappa shape index (κ3) is 3.44. The summed E-state index contributed by atoms with van der Waals surface area (Å²) in [5, 5.41) is 0. The van der Waals surface area contributed by atoms with Crippen LogP contribution in [0.25, 0.3) is 0 Å². The lowest BCUT2D eigenvalue weighted by Gasteiger charge is -2.08. The topological polar surface area (TPSA) is 35.0 Å². The average molecular weight is 333 g/mol. The van der Waals surface area contributed by atoms with Gasteiger partial charge in [-0.15, -0.1) is 0 Å². The van der Waals surface area contributed by atoms with Crippen LogP contribution in [0.2, 0.25) is 0 Å². The van der Waals surface area contributed by atoms with Gasteiger partial charge in [0.1, 0.15) is 11.4 Å². The van der Waals surface area contributed by atoms with Gasteiger partial charge in [0.2, 0.25) is 5.88 Å². The van der Waals surface area contributed by atoms with Crippen molar-refractivity contribution in [3.05, 3.63) is 46.3 Å². The highest BCUT2D eigenvalue weighted by Crippen LogP contribution is 2.31. The first-order valence-corrected chi connectivity index (χ1v) is 5.99. The molecule has 0 aliphatic carbocycles. The lowest BCUT2D eigenvalue weighted by atomic mass is 10.3. The van der Waals surface area contributed by atoms with Gasteiger partial charge in [-0.3, -0.25) is 0 Å². The number of pyridine rings is 2. The van der Waals surface area contributed by atoms with E-state index in [1.54, 1.807) is 12.3 Å². The molecule has 0 aliphatic rings. The maximum atomic E-state index is 12.3. The fourth-order valence-corrected chi connectivity index (χ4v) is 1.86. The molecule has 0 unspecified atom stereocenters. The molecule has 0 amide bonds. The molecule has 0 aromatic carbocycles. The molecular weight excluding hydrogens is 325 g/mol. The van der Waals surface area contributed by atoms with E-state index in [2.05, 4.69) is 25.9 Å². The minimum absolute atomic E-state index is 0.185. The quantitative estimate of drug-likeness (QED) is 0.819. The molecule has 0 fully saturated rings. The first-order chi connectivity index (χ1) is 8.86. The molecule has 3 nitrogen and oxygen atoms in total. The second kappa shape index (κ2) is 5.16. The summed E-state index contributed by atoms with van der Waals surface area (Å²) < 4.78 is 43.0. The van der Waals surface area contributed by atoms with Gasteiger partial charge in [-0.1, -0.05) is 0 Å². The second-order valence-corrected chi connectivity index (χ2v) is 4.63. The Balaban J connectivity index is 2.20. The second-order valence-electron chi connectivity index (χ2n) is 3.78. The lowest BCUT2D eigenvalue weighted by Crippen LogP contribution is -2.07. The molecule has 0 saturated carbocycles. The molecule has 0 aliphatic heterocycles. The largest absolute Gasteiger partial charge is 0.436 e. The highest BCUT2D eigenvalue weighted by molar-refractivity contribution is 9.10. The average Bonchev–Trinajstić information content (AvgIpc) is 2.32. The maximum Gasteiger partial charge on any atom is 0.433 e. The van der Waals surface area contributed by atoms with Crippen LogP contribution < -0.4 is 4.74 Å². The van der Waals surface area contributed by atoms with E-state index >= 15 is 0 Å². The standard InChI is InChI=1S/C12H8BrF3N2O/c1-7-4-9(13)11(18-5-7)19-8-2-3-10(17-6-8)12(14,15)16/h2-6H,1H3. The molecule has 0 saturated heterocycles. The van der Waals surface area contributed by atoms with Crippen LogP contribution in [0.1, 0.15) is 11.3 Å². The summed E-state index contributed by atoms with van der Waals surface area (Å²) >= 11 is 3.26. The summed E-state index contributed by atoms with van der Waals surface area (Å²) in [6.45, 7) is 1.86. The van der Waals surface area contributed by atoms with Gasteiger partial charge in [0.25, 0.3) is 0 Å². The SMILES string of the molecule is Cc1cnc(Oc2ccc(C(F)(F)F)nc2)c(Br)c1. The summed E-state index contributed by atoms with van der Waals surface area (Å²) in [5.41, 5.74) is -0.0273. The number of rotatable bonds is 2. The summed E-state index contributed by atoms with van der Waals surface area (Å²) in [4.78, 5) is 7.33. The molecule has 0 spiro atoms. The van der Waals surface area contributed by atoms with E-state index in [9.17, 15) is 13.2 Å². The minimum Gasteiger partial charge on any atom is -0.436 e. The number of aryl methyl sites for hydroxylation is 1. The predicted octanol–water partition coefficient (Wildman–Crippen LogP) is 4.36. The number of alkyl halides is 3. The van der Waals surface area contributed by atoms with Crippen LogP contribution in [0.4, 0.5) is 13.2 Å². The number of nitrogens with zero attached hydrogens (tertiary/aromatic N) is 2. The molecule has 2 aromatic rings. The van der Waals surface area contributed by atoms with Gasteiger partial charge >= 0.3 is 6.18 Å². The summed E-state index contributed by atoms with van der Waals surface area (Å²) in [5.74, 6) is 0.456. The smallest absolute Gasteiger partial charge is 0.433 e. The van der Waals surface area contributed by atoms with Crippen LogP contribution in [0.3, 0.4) is 0 Å². The minimum atomic E-state index is -4.46. The van der Waals surface area contributed by atoms with Crippen LogP contribution in [-0.2, 0) is 6.18 Å². The van der Waals surface area contributed by atoms with Gasteiger partial charge in [0.15, 0.2) is 0 Å². The molecule has 19 heavy (non-hydrogen) atoms. The van der Waals surface area contributed by atoms with Crippen molar-refractivity contribution in [1.29, 1.82) is 0 Å². The molecule has 2 aromatic heterocycles. The van der Waals surface area contributed by atoms with Gasteiger partial charge in [0.05, 0.1) is 10.7 Å². The van der Waals surface area contributed by atoms with E-state index in [-0.39, 0.29) is 11.6 Å². The van der Waals surface area contributed by atoms with Crippen molar-refractivity contribution in [3.63, 3.8) is 0 Å². The van der Waals surface area contributed by atoms with E-state index in [0.29, 0.717) is 4.47 Å². The van der Waals surface area contributed by atoms with Crippen LogP contribution in [0, 0.1) is 6.92 Å². The van der Waals surface area contributed by atoms with Gasteiger partial charge < -0.3 is 4.74 Å². The molecule has 7 heteroatoms. The Morgan fingerprint density at radius 2 is 1.89 bits per heavy atom. The Bertz CT molecular complexity index is 585. The fourth-order valence-electron chi connectivity index (χ4n) is 1.32. The Kier molecular flexibility index (Phi) is 3.75. The van der Waals surface area contributed by atoms with Gasteiger partial charge in [-0.25, -0.2) is 9.97 Å². The van der Waals surface area contributed by atoms with E-state index < -0.39 is 11.9 Å². The van der Waals surface area contributed by atoms with E-state index in [1.165, 1.54) is 6.07 Å². The first-order valence-electron chi connectivity index (χ1n) is 5.19. The third-order valence-corrected chi connectivity index (χ3v) is 2.75. The van der Waals surface area contributed by atoms with Crippen LogP contribution in [0.15, 0.2) is 35.1 Å². The van der Waals surface area contributed by atoms with E-state index in [0.717, 1.165) is 17.8 Å². The van der Waals surface area contributed by atoms with Crippen molar-refractivity contribution in [2.24, 2.45) is 0 Å². The molecule has 0 atom stereocenters. The van der Waals surface area contributed by atoms with Crippen molar-refractivity contribution >= 4 is 15.9 Å². The number of hydrogen-bond acceptors (Lipinski definition) is 3. The molecule has 2 heterocycles. The van der Waals surface area contributed by atoms with Crippen molar-refractivity contribution in [3.8, 4) is 11.6 Å². The van der Waals surface area contributed by atoms with Crippen molar-refractivity contribution in [2.45, 2.75) is 13.1 Å². The van der Waals surface area contributed by atoms with E-state index in [1.807, 2.05) is 6.92 Å². The van der Waals surface area contributed by atoms with Gasteiger partial charge in [0, 0.05) is 6.20 Å². The van der Waals surface area contributed by atoms with Crippen molar-refractivity contribution < 1.29 is 17.9 Å². The normalized spacial score (nSPS) is 11.4. The zero-order valence-electron chi connectivity index (χ0n) is 9.70. The van der Waals surface area contributed by atoms with Crippen LogP contribution in [-0.4, -0.2) is 9.97 Å². The zero-order chi connectivity index (χ0) is 14.0. The van der Waals surface area contributed by atoms with Crippen molar-refractivity contribution in [1.82, 2.24) is 9.97 Å². The molecule has 0 bridgehead atoms. The number of halogens is 4. The summed E-state index contributed by atoms with van der Waals surface area (Å²) in [6.07, 6.45) is -1.85. The number of ether oxygens (including phenoxy) is 1. The number of aromatic nitrogens is 2. The summed E-state index contributed by atoms with van der Waals surface area (Å²) in [6, 6.07) is 3.85. The highest BCUT2D eigenvalue weighted by Gasteiger charge is 2.32.